The molecule has 10 heteroatoms. The predicted octanol–water partition coefficient (Wildman–Crippen LogP) is 0.452. The summed E-state index contributed by atoms with van der Waals surface area (Å²) in [6, 6.07) is 2.89. The van der Waals surface area contributed by atoms with E-state index in [1.807, 2.05) is 0 Å². The van der Waals surface area contributed by atoms with E-state index in [0.717, 1.165) is 6.26 Å². The molecule has 0 aliphatic carbocycles. The quantitative estimate of drug-likeness (QED) is 0.595. The van der Waals surface area contributed by atoms with E-state index in [-0.39, 0.29) is 16.4 Å². The highest BCUT2D eigenvalue weighted by Gasteiger charge is 2.17. The van der Waals surface area contributed by atoms with Crippen LogP contribution in [0, 0.1) is 0 Å². The summed E-state index contributed by atoms with van der Waals surface area (Å²) in [5, 5.41) is 11.0. The summed E-state index contributed by atoms with van der Waals surface area (Å²) in [6.07, 6.45) is 0.469. The van der Waals surface area contributed by atoms with Crippen molar-refractivity contribution in [3.05, 3.63) is 23.2 Å². The fraction of sp³-hybridized carbons (Fsp3) is 0.273. The van der Waals surface area contributed by atoms with Gasteiger partial charge >= 0.3 is 5.97 Å². The molecule has 0 saturated carbocycles. The van der Waals surface area contributed by atoms with Gasteiger partial charge in [-0.25, -0.2) is 8.42 Å². The Morgan fingerprint density at radius 2 is 2.05 bits per heavy atom. The van der Waals surface area contributed by atoms with Crippen molar-refractivity contribution in [3.63, 3.8) is 0 Å². The summed E-state index contributed by atoms with van der Waals surface area (Å²) < 4.78 is 24.4. The molecule has 5 N–H and O–H groups in total. The largest absolute Gasteiger partial charge is 0.481 e. The Kier molecular flexibility index (Phi) is 5.53. The SMILES string of the molecule is CS(=O)(=O)Nc1ccc(NC(=O)C(N)CC(=O)O)cc1Cl. The van der Waals surface area contributed by atoms with Crippen molar-refractivity contribution in [1.29, 1.82) is 0 Å². The van der Waals surface area contributed by atoms with Gasteiger partial charge in [0.25, 0.3) is 0 Å². The van der Waals surface area contributed by atoms with Crippen LogP contribution in [0.4, 0.5) is 11.4 Å². The summed E-state index contributed by atoms with van der Waals surface area (Å²) >= 11 is 5.88. The number of benzene rings is 1. The number of carboxylic acid groups (broad SMARTS) is 1. The first kappa shape index (κ1) is 17.2. The standard InChI is InChI=1S/C11H14ClN3O5S/c1-21(19,20)15-9-3-2-6(4-7(9)12)14-11(18)8(13)5-10(16)17/h2-4,8,15H,5,13H2,1H3,(H,14,18)(H,16,17). The molecule has 1 rings (SSSR count). The first-order valence-corrected chi connectivity index (χ1v) is 7.91. The van der Waals surface area contributed by atoms with Crippen LogP contribution >= 0.6 is 11.6 Å². The highest BCUT2D eigenvalue weighted by atomic mass is 35.5. The molecule has 1 unspecified atom stereocenters. The molecule has 0 aliphatic heterocycles. The summed E-state index contributed by atoms with van der Waals surface area (Å²) in [7, 11) is -3.47. The van der Waals surface area contributed by atoms with Gasteiger partial charge in [-0.05, 0) is 18.2 Å². The molecular formula is C11H14ClN3O5S. The van der Waals surface area contributed by atoms with Crippen molar-refractivity contribution in [2.24, 2.45) is 5.73 Å². The second kappa shape index (κ2) is 6.74. The third-order valence-electron chi connectivity index (χ3n) is 2.26. The molecule has 0 radical (unpaired) electrons. The lowest BCUT2D eigenvalue weighted by Gasteiger charge is -2.12. The number of rotatable bonds is 6. The van der Waals surface area contributed by atoms with Gasteiger partial charge in [0.1, 0.15) is 0 Å². The number of sulfonamides is 1. The summed E-state index contributed by atoms with van der Waals surface area (Å²) in [4.78, 5) is 22.1. The minimum Gasteiger partial charge on any atom is -0.481 e. The number of amides is 1. The minimum absolute atomic E-state index is 0.0741. The summed E-state index contributed by atoms with van der Waals surface area (Å²) in [5.41, 5.74) is 5.83. The highest BCUT2D eigenvalue weighted by molar-refractivity contribution is 7.92. The Labute approximate surface area is 126 Å². The zero-order chi connectivity index (χ0) is 16.2. The molecular weight excluding hydrogens is 322 g/mol. The summed E-state index contributed by atoms with van der Waals surface area (Å²) in [5.74, 6) is -1.87. The molecule has 1 aromatic rings. The molecule has 21 heavy (non-hydrogen) atoms. The second-order valence-electron chi connectivity index (χ2n) is 4.26. The van der Waals surface area contributed by atoms with Crippen LogP contribution in [0.15, 0.2) is 18.2 Å². The maximum Gasteiger partial charge on any atom is 0.305 e. The Morgan fingerprint density at radius 3 is 2.52 bits per heavy atom. The second-order valence-corrected chi connectivity index (χ2v) is 6.42. The number of nitrogens with two attached hydrogens (primary N) is 1. The van der Waals surface area contributed by atoms with Crippen molar-refractivity contribution in [1.82, 2.24) is 0 Å². The zero-order valence-corrected chi connectivity index (χ0v) is 12.5. The lowest BCUT2D eigenvalue weighted by Crippen LogP contribution is -2.37. The number of hydrogen-bond donors (Lipinski definition) is 4. The van der Waals surface area contributed by atoms with Crippen LogP contribution in [0.5, 0.6) is 0 Å². The molecule has 0 fully saturated rings. The maximum absolute atomic E-state index is 11.6. The Bertz CT molecular complexity index is 662. The van der Waals surface area contributed by atoms with Gasteiger partial charge < -0.3 is 16.2 Å². The van der Waals surface area contributed by atoms with Crippen LogP contribution in [-0.2, 0) is 19.6 Å². The van der Waals surface area contributed by atoms with Gasteiger partial charge in [0.2, 0.25) is 15.9 Å². The molecule has 1 aromatic carbocycles. The van der Waals surface area contributed by atoms with Crippen LogP contribution in [0.3, 0.4) is 0 Å². The van der Waals surface area contributed by atoms with Crippen LogP contribution in [-0.4, -0.2) is 37.7 Å². The zero-order valence-electron chi connectivity index (χ0n) is 11.0. The number of nitrogens with one attached hydrogen (secondary N) is 2. The van der Waals surface area contributed by atoms with Crippen molar-refractivity contribution in [2.45, 2.75) is 12.5 Å². The van der Waals surface area contributed by atoms with E-state index >= 15 is 0 Å². The normalized spacial score (nSPS) is 12.5. The molecule has 0 saturated heterocycles. The molecule has 0 aromatic heterocycles. The fourth-order valence-electron chi connectivity index (χ4n) is 1.39. The van der Waals surface area contributed by atoms with Gasteiger partial charge in [0, 0.05) is 5.69 Å². The van der Waals surface area contributed by atoms with E-state index in [0.29, 0.717) is 0 Å². The van der Waals surface area contributed by atoms with Crippen molar-refractivity contribution >= 4 is 44.9 Å². The van der Waals surface area contributed by atoms with Crippen LogP contribution in [0.1, 0.15) is 6.42 Å². The van der Waals surface area contributed by atoms with Crippen molar-refractivity contribution < 1.29 is 23.1 Å². The Hall–Kier alpha value is -1.84. The van der Waals surface area contributed by atoms with E-state index < -0.39 is 34.4 Å². The van der Waals surface area contributed by atoms with E-state index in [9.17, 15) is 18.0 Å². The average molecular weight is 336 g/mol. The number of anilines is 2. The third kappa shape index (κ3) is 5.98. The van der Waals surface area contributed by atoms with Crippen molar-refractivity contribution in [3.8, 4) is 0 Å². The number of hydrogen-bond acceptors (Lipinski definition) is 5. The lowest BCUT2D eigenvalue weighted by molar-refractivity contribution is -0.138. The van der Waals surface area contributed by atoms with Gasteiger partial charge in [0.05, 0.1) is 29.4 Å². The molecule has 8 nitrogen and oxygen atoms in total. The number of aliphatic carboxylic acids is 1. The molecule has 0 bridgehead atoms. The van der Waals surface area contributed by atoms with Crippen LogP contribution in [0.25, 0.3) is 0 Å². The number of carbonyl (C=O) groups is 2. The molecule has 1 amide bonds. The number of carboxylic acids is 1. The lowest BCUT2D eigenvalue weighted by atomic mass is 10.2. The first-order chi connectivity index (χ1) is 9.58. The first-order valence-electron chi connectivity index (χ1n) is 5.64. The smallest absolute Gasteiger partial charge is 0.305 e. The van der Waals surface area contributed by atoms with E-state index in [1.165, 1.54) is 18.2 Å². The van der Waals surface area contributed by atoms with Crippen LogP contribution < -0.4 is 15.8 Å². The minimum atomic E-state index is -3.47. The van der Waals surface area contributed by atoms with Gasteiger partial charge in [0.15, 0.2) is 0 Å². The van der Waals surface area contributed by atoms with Gasteiger partial charge in [-0.2, -0.15) is 0 Å². The average Bonchev–Trinajstić information content (AvgIpc) is 2.30. The van der Waals surface area contributed by atoms with Gasteiger partial charge in [-0.15, -0.1) is 0 Å². The highest BCUT2D eigenvalue weighted by Crippen LogP contribution is 2.26. The molecule has 0 aliphatic rings. The molecule has 1 atom stereocenters. The number of halogens is 1. The molecule has 0 heterocycles. The molecule has 0 spiro atoms. The Morgan fingerprint density at radius 1 is 1.43 bits per heavy atom. The topological polar surface area (TPSA) is 139 Å². The van der Waals surface area contributed by atoms with Crippen molar-refractivity contribution in [2.75, 3.05) is 16.3 Å². The number of carbonyl (C=O) groups excluding carboxylic acids is 1. The fourth-order valence-corrected chi connectivity index (χ4v) is 2.25. The predicted molar refractivity (Wildman–Crippen MR) is 78.8 cm³/mol. The molecule has 116 valence electrons. The maximum atomic E-state index is 11.6. The monoisotopic (exact) mass is 335 g/mol. The summed E-state index contributed by atoms with van der Waals surface area (Å²) in [6.45, 7) is 0. The van der Waals surface area contributed by atoms with Gasteiger partial charge in [-0.1, -0.05) is 11.6 Å². The third-order valence-corrected chi connectivity index (χ3v) is 3.17. The van der Waals surface area contributed by atoms with Crippen LogP contribution in [0.2, 0.25) is 5.02 Å². The van der Waals surface area contributed by atoms with E-state index in [1.54, 1.807) is 0 Å². The Balaban J connectivity index is 2.80. The van der Waals surface area contributed by atoms with E-state index in [2.05, 4.69) is 10.0 Å². The van der Waals surface area contributed by atoms with E-state index in [4.69, 9.17) is 22.4 Å². The van der Waals surface area contributed by atoms with Gasteiger partial charge in [-0.3, -0.25) is 14.3 Å².